The zero-order valence-corrected chi connectivity index (χ0v) is 10.5. The van der Waals surface area contributed by atoms with Crippen LogP contribution in [0.3, 0.4) is 0 Å². The third-order valence-electron chi connectivity index (χ3n) is 2.98. The topological polar surface area (TPSA) is 38.7 Å². The first-order valence-corrected chi connectivity index (χ1v) is 5.96. The molecule has 0 aliphatic rings. The van der Waals surface area contributed by atoms with Crippen LogP contribution in [0.2, 0.25) is 0 Å². The van der Waals surface area contributed by atoms with E-state index >= 15 is 0 Å². The van der Waals surface area contributed by atoms with Crippen LogP contribution in [0.5, 0.6) is 0 Å². The number of aryl methyl sites for hydroxylation is 1. The van der Waals surface area contributed by atoms with Crippen LogP contribution < -0.4 is 0 Å². The van der Waals surface area contributed by atoms with Crippen molar-refractivity contribution in [3.05, 3.63) is 42.1 Å². The van der Waals surface area contributed by atoms with Crippen molar-refractivity contribution in [2.24, 2.45) is 0 Å². The summed E-state index contributed by atoms with van der Waals surface area (Å²) >= 11 is 0. The molecule has 0 saturated carbocycles. The SMILES string of the molecule is CCC(C)c1nc(C)ccc1-c1cnccn1. The predicted octanol–water partition coefficient (Wildman–Crippen LogP) is 3.36. The Morgan fingerprint density at radius 1 is 1.24 bits per heavy atom. The molecule has 3 nitrogen and oxygen atoms in total. The summed E-state index contributed by atoms with van der Waals surface area (Å²) in [4.78, 5) is 13.1. The lowest BCUT2D eigenvalue weighted by atomic mass is 9.97. The Bertz CT molecular complexity index is 494. The highest BCUT2D eigenvalue weighted by Crippen LogP contribution is 2.27. The van der Waals surface area contributed by atoms with Crippen molar-refractivity contribution in [1.29, 1.82) is 0 Å². The van der Waals surface area contributed by atoms with Gasteiger partial charge in [0.1, 0.15) is 0 Å². The third kappa shape index (κ3) is 2.49. The van der Waals surface area contributed by atoms with Gasteiger partial charge in [-0.1, -0.05) is 13.8 Å². The molecule has 0 amide bonds. The lowest BCUT2D eigenvalue weighted by Crippen LogP contribution is -2.01. The fourth-order valence-corrected chi connectivity index (χ4v) is 1.80. The maximum absolute atomic E-state index is 4.65. The first-order chi connectivity index (χ1) is 8.22. The van der Waals surface area contributed by atoms with E-state index in [0.29, 0.717) is 5.92 Å². The second kappa shape index (κ2) is 5.04. The largest absolute Gasteiger partial charge is 0.261 e. The number of nitrogens with zero attached hydrogens (tertiary/aromatic N) is 3. The minimum absolute atomic E-state index is 0.437. The quantitative estimate of drug-likeness (QED) is 0.807. The number of pyridine rings is 1. The van der Waals surface area contributed by atoms with Gasteiger partial charge in [0.05, 0.1) is 17.6 Å². The van der Waals surface area contributed by atoms with Gasteiger partial charge in [-0.25, -0.2) is 0 Å². The molecule has 0 bridgehead atoms. The van der Waals surface area contributed by atoms with Crippen molar-refractivity contribution < 1.29 is 0 Å². The van der Waals surface area contributed by atoms with Gasteiger partial charge in [-0.15, -0.1) is 0 Å². The molecule has 2 aromatic rings. The molecule has 3 heteroatoms. The average Bonchev–Trinajstić information content (AvgIpc) is 2.38. The Hall–Kier alpha value is -1.77. The first-order valence-electron chi connectivity index (χ1n) is 5.96. The van der Waals surface area contributed by atoms with E-state index in [9.17, 15) is 0 Å². The van der Waals surface area contributed by atoms with Gasteiger partial charge in [0.2, 0.25) is 0 Å². The molecule has 0 saturated heterocycles. The molecular weight excluding hydrogens is 210 g/mol. The lowest BCUT2D eigenvalue weighted by Gasteiger charge is -2.13. The van der Waals surface area contributed by atoms with Crippen LogP contribution >= 0.6 is 0 Å². The molecular formula is C14H17N3. The van der Waals surface area contributed by atoms with Crippen molar-refractivity contribution in [3.8, 4) is 11.3 Å². The van der Waals surface area contributed by atoms with Crippen molar-refractivity contribution in [2.75, 3.05) is 0 Å². The van der Waals surface area contributed by atoms with Crippen molar-refractivity contribution in [2.45, 2.75) is 33.1 Å². The molecule has 88 valence electrons. The zero-order valence-electron chi connectivity index (χ0n) is 10.5. The molecule has 0 spiro atoms. The van der Waals surface area contributed by atoms with Gasteiger partial charge in [-0.2, -0.15) is 0 Å². The summed E-state index contributed by atoms with van der Waals surface area (Å²) in [5.41, 5.74) is 4.16. The summed E-state index contributed by atoms with van der Waals surface area (Å²) in [6.07, 6.45) is 6.27. The lowest BCUT2D eigenvalue weighted by molar-refractivity contribution is 0.706. The van der Waals surface area contributed by atoms with E-state index in [0.717, 1.165) is 29.1 Å². The molecule has 0 radical (unpaired) electrons. The van der Waals surface area contributed by atoms with Gasteiger partial charge in [-0.3, -0.25) is 15.0 Å². The zero-order chi connectivity index (χ0) is 12.3. The minimum Gasteiger partial charge on any atom is -0.261 e. The summed E-state index contributed by atoms with van der Waals surface area (Å²) < 4.78 is 0. The monoisotopic (exact) mass is 227 g/mol. The summed E-state index contributed by atoms with van der Waals surface area (Å²) in [6, 6.07) is 4.11. The van der Waals surface area contributed by atoms with Gasteiger partial charge in [0.25, 0.3) is 0 Å². The summed E-state index contributed by atoms with van der Waals surface area (Å²) in [6.45, 7) is 6.39. The molecule has 0 aliphatic heterocycles. The molecule has 0 aromatic carbocycles. The Morgan fingerprint density at radius 3 is 2.71 bits per heavy atom. The van der Waals surface area contributed by atoms with Crippen LogP contribution in [-0.2, 0) is 0 Å². The summed E-state index contributed by atoms with van der Waals surface area (Å²) in [5, 5.41) is 0. The molecule has 2 heterocycles. The van der Waals surface area contributed by atoms with Crippen LogP contribution in [0.1, 0.15) is 37.6 Å². The minimum atomic E-state index is 0.437. The van der Waals surface area contributed by atoms with Gasteiger partial charge >= 0.3 is 0 Å². The molecule has 2 aromatic heterocycles. The highest BCUT2D eigenvalue weighted by Gasteiger charge is 2.13. The Morgan fingerprint density at radius 2 is 2.06 bits per heavy atom. The standard InChI is InChI=1S/C14H17N3/c1-4-10(2)14-12(6-5-11(3)17-14)13-9-15-7-8-16-13/h5-10H,4H2,1-3H3. The van der Waals surface area contributed by atoms with E-state index in [1.54, 1.807) is 18.6 Å². The first kappa shape index (κ1) is 11.7. The van der Waals surface area contributed by atoms with Gasteiger partial charge < -0.3 is 0 Å². The molecule has 17 heavy (non-hydrogen) atoms. The maximum atomic E-state index is 4.65. The molecule has 1 atom stereocenters. The van der Waals surface area contributed by atoms with E-state index in [1.165, 1.54) is 0 Å². The van der Waals surface area contributed by atoms with E-state index < -0.39 is 0 Å². The Kier molecular flexibility index (Phi) is 3.47. The highest BCUT2D eigenvalue weighted by molar-refractivity contribution is 5.61. The smallest absolute Gasteiger partial charge is 0.0903 e. The van der Waals surface area contributed by atoms with E-state index in [-0.39, 0.29) is 0 Å². The van der Waals surface area contributed by atoms with Crippen LogP contribution in [0, 0.1) is 6.92 Å². The molecule has 2 rings (SSSR count). The van der Waals surface area contributed by atoms with Crippen LogP contribution in [0.15, 0.2) is 30.7 Å². The van der Waals surface area contributed by atoms with Gasteiger partial charge in [0.15, 0.2) is 0 Å². The normalized spacial score (nSPS) is 12.4. The second-order valence-electron chi connectivity index (χ2n) is 4.29. The fourth-order valence-electron chi connectivity index (χ4n) is 1.80. The van der Waals surface area contributed by atoms with Crippen molar-refractivity contribution in [3.63, 3.8) is 0 Å². The number of aromatic nitrogens is 3. The Balaban J connectivity index is 2.54. The number of hydrogen-bond donors (Lipinski definition) is 0. The molecule has 0 N–H and O–H groups in total. The summed E-state index contributed by atoms with van der Waals surface area (Å²) in [7, 11) is 0. The number of hydrogen-bond acceptors (Lipinski definition) is 3. The Labute approximate surface area is 102 Å². The van der Waals surface area contributed by atoms with Gasteiger partial charge in [0, 0.05) is 23.7 Å². The van der Waals surface area contributed by atoms with E-state index in [4.69, 9.17) is 0 Å². The van der Waals surface area contributed by atoms with E-state index in [2.05, 4.69) is 34.9 Å². The highest BCUT2D eigenvalue weighted by atomic mass is 14.8. The van der Waals surface area contributed by atoms with Crippen molar-refractivity contribution >= 4 is 0 Å². The van der Waals surface area contributed by atoms with E-state index in [1.807, 2.05) is 13.0 Å². The third-order valence-corrected chi connectivity index (χ3v) is 2.98. The predicted molar refractivity (Wildman–Crippen MR) is 68.7 cm³/mol. The summed E-state index contributed by atoms with van der Waals surface area (Å²) in [5.74, 6) is 0.437. The molecule has 1 unspecified atom stereocenters. The molecule has 0 fully saturated rings. The molecule has 0 aliphatic carbocycles. The van der Waals surface area contributed by atoms with Crippen molar-refractivity contribution in [1.82, 2.24) is 15.0 Å². The number of rotatable bonds is 3. The van der Waals surface area contributed by atoms with Crippen LogP contribution in [-0.4, -0.2) is 15.0 Å². The van der Waals surface area contributed by atoms with Gasteiger partial charge in [-0.05, 0) is 31.4 Å². The van der Waals surface area contributed by atoms with Crippen LogP contribution in [0.4, 0.5) is 0 Å². The fraction of sp³-hybridized carbons (Fsp3) is 0.357. The average molecular weight is 227 g/mol. The maximum Gasteiger partial charge on any atom is 0.0903 e. The second-order valence-corrected chi connectivity index (χ2v) is 4.29. The van der Waals surface area contributed by atoms with Crippen LogP contribution in [0.25, 0.3) is 11.3 Å².